The molecule has 0 spiro atoms. The zero-order valence-electron chi connectivity index (χ0n) is 15.2. The lowest BCUT2D eigenvalue weighted by Crippen LogP contribution is -2.45. The second-order valence-electron chi connectivity index (χ2n) is 6.08. The standard InChI is InChI=1S/C19H21F3N2O2.2ClH/c1-25-16-6-2-14(3-7-16)18(24-12-10-23-11-13-24)15-4-8-17(9-5-15)26-19(20,21)22;;/h2-9,18,23H,10-13H2,1H3;2*1H/t18-;;/m1../s1. The number of methoxy groups -OCH3 is 1. The molecule has 1 N–H and O–H groups in total. The van der Waals surface area contributed by atoms with Crippen molar-refractivity contribution < 1.29 is 22.6 Å². The van der Waals surface area contributed by atoms with Crippen molar-refractivity contribution in [2.75, 3.05) is 33.3 Å². The van der Waals surface area contributed by atoms with Gasteiger partial charge in [-0.2, -0.15) is 0 Å². The Bertz CT molecular complexity index is 707. The van der Waals surface area contributed by atoms with Crippen molar-refractivity contribution in [2.24, 2.45) is 0 Å². The number of hydrogen-bond acceptors (Lipinski definition) is 4. The van der Waals surface area contributed by atoms with Crippen LogP contribution in [0.5, 0.6) is 11.5 Å². The first-order valence-electron chi connectivity index (χ1n) is 8.41. The summed E-state index contributed by atoms with van der Waals surface area (Å²) in [6, 6.07) is 13.8. The van der Waals surface area contributed by atoms with E-state index in [1.165, 1.54) is 12.1 Å². The summed E-state index contributed by atoms with van der Waals surface area (Å²) < 4.78 is 46.3. The molecule has 0 amide bonds. The summed E-state index contributed by atoms with van der Waals surface area (Å²) >= 11 is 0. The average molecular weight is 439 g/mol. The number of nitrogens with one attached hydrogen (secondary N) is 1. The van der Waals surface area contributed by atoms with Gasteiger partial charge in [0.1, 0.15) is 11.5 Å². The molecule has 1 aliphatic rings. The van der Waals surface area contributed by atoms with Crippen molar-refractivity contribution in [2.45, 2.75) is 12.4 Å². The van der Waals surface area contributed by atoms with Crippen LogP contribution in [0.4, 0.5) is 13.2 Å². The molecule has 0 radical (unpaired) electrons. The smallest absolute Gasteiger partial charge is 0.497 e. The fourth-order valence-electron chi connectivity index (χ4n) is 3.19. The number of benzene rings is 2. The molecule has 0 bridgehead atoms. The van der Waals surface area contributed by atoms with Gasteiger partial charge in [0, 0.05) is 26.2 Å². The Kier molecular flexibility index (Phi) is 9.36. The minimum Gasteiger partial charge on any atom is -0.497 e. The van der Waals surface area contributed by atoms with E-state index in [9.17, 15) is 13.2 Å². The van der Waals surface area contributed by atoms with Gasteiger partial charge in [0.15, 0.2) is 0 Å². The average Bonchev–Trinajstić information content (AvgIpc) is 2.64. The Labute approximate surface area is 174 Å². The minimum atomic E-state index is -4.69. The molecule has 0 saturated carbocycles. The van der Waals surface area contributed by atoms with Crippen LogP contribution in [0, 0.1) is 0 Å². The van der Waals surface area contributed by atoms with Gasteiger partial charge in [-0.3, -0.25) is 4.90 Å². The molecule has 0 aliphatic carbocycles. The van der Waals surface area contributed by atoms with Crippen molar-refractivity contribution in [3.8, 4) is 11.5 Å². The summed E-state index contributed by atoms with van der Waals surface area (Å²) in [5.41, 5.74) is 1.99. The van der Waals surface area contributed by atoms with Crippen molar-refractivity contribution >= 4 is 24.8 Å². The molecular formula is C19H23Cl2F3N2O2. The predicted octanol–water partition coefficient (Wildman–Crippen LogP) is 4.43. The summed E-state index contributed by atoms with van der Waals surface area (Å²) in [7, 11) is 1.61. The molecule has 1 aliphatic heterocycles. The van der Waals surface area contributed by atoms with Crippen LogP contribution in [0.1, 0.15) is 17.2 Å². The zero-order valence-corrected chi connectivity index (χ0v) is 16.9. The lowest BCUT2D eigenvalue weighted by atomic mass is 9.96. The molecule has 0 aromatic heterocycles. The molecule has 2 aromatic carbocycles. The van der Waals surface area contributed by atoms with Gasteiger partial charge in [-0.05, 0) is 35.4 Å². The Morgan fingerprint density at radius 1 is 0.857 bits per heavy atom. The van der Waals surface area contributed by atoms with E-state index >= 15 is 0 Å². The Morgan fingerprint density at radius 2 is 1.32 bits per heavy atom. The quantitative estimate of drug-likeness (QED) is 0.748. The first-order chi connectivity index (χ1) is 12.5. The van der Waals surface area contributed by atoms with Crippen molar-refractivity contribution in [3.05, 3.63) is 59.7 Å². The third kappa shape index (κ3) is 6.44. The number of hydrogen-bond donors (Lipinski definition) is 1. The first-order valence-corrected chi connectivity index (χ1v) is 8.41. The van der Waals surface area contributed by atoms with Gasteiger partial charge in [-0.15, -0.1) is 38.0 Å². The Hall–Kier alpha value is -1.67. The molecule has 156 valence electrons. The largest absolute Gasteiger partial charge is 0.573 e. The van der Waals surface area contributed by atoms with Crippen LogP contribution in [0.3, 0.4) is 0 Å². The van der Waals surface area contributed by atoms with E-state index < -0.39 is 6.36 Å². The van der Waals surface area contributed by atoms with E-state index in [4.69, 9.17) is 4.74 Å². The third-order valence-corrected chi connectivity index (χ3v) is 4.38. The molecule has 2 aromatic rings. The normalized spacial score (nSPS) is 15.7. The Morgan fingerprint density at radius 3 is 1.75 bits per heavy atom. The second-order valence-corrected chi connectivity index (χ2v) is 6.08. The first kappa shape index (κ1) is 24.4. The lowest BCUT2D eigenvalue weighted by Gasteiger charge is -2.35. The molecule has 1 saturated heterocycles. The topological polar surface area (TPSA) is 33.7 Å². The molecule has 9 heteroatoms. The van der Waals surface area contributed by atoms with Crippen LogP contribution >= 0.6 is 24.8 Å². The number of rotatable bonds is 5. The summed E-state index contributed by atoms with van der Waals surface area (Å²) in [6.07, 6.45) is -4.69. The maximum atomic E-state index is 12.4. The molecule has 3 rings (SSSR count). The van der Waals surface area contributed by atoms with E-state index in [2.05, 4.69) is 15.0 Å². The highest BCUT2D eigenvalue weighted by atomic mass is 35.5. The summed E-state index contributed by atoms with van der Waals surface area (Å²) in [5.74, 6) is 0.553. The van der Waals surface area contributed by atoms with Crippen LogP contribution in [0.2, 0.25) is 0 Å². The van der Waals surface area contributed by atoms with Gasteiger partial charge in [0.05, 0.1) is 13.2 Å². The Balaban J connectivity index is 0.00000196. The fraction of sp³-hybridized carbons (Fsp3) is 0.368. The van der Waals surface area contributed by atoms with Gasteiger partial charge in [0.25, 0.3) is 0 Å². The number of nitrogens with zero attached hydrogens (tertiary/aromatic N) is 1. The summed E-state index contributed by atoms with van der Waals surface area (Å²) in [6.45, 7) is 3.47. The number of ether oxygens (including phenoxy) is 2. The molecule has 0 unspecified atom stereocenters. The minimum absolute atomic E-state index is 0. The van der Waals surface area contributed by atoms with E-state index in [-0.39, 0.29) is 36.6 Å². The molecule has 1 fully saturated rings. The van der Waals surface area contributed by atoms with Crippen LogP contribution < -0.4 is 14.8 Å². The van der Waals surface area contributed by atoms with Gasteiger partial charge in [0.2, 0.25) is 0 Å². The van der Waals surface area contributed by atoms with Crippen molar-refractivity contribution in [1.29, 1.82) is 0 Å². The van der Waals surface area contributed by atoms with Gasteiger partial charge < -0.3 is 14.8 Å². The fourth-order valence-corrected chi connectivity index (χ4v) is 3.19. The third-order valence-electron chi connectivity index (χ3n) is 4.38. The van der Waals surface area contributed by atoms with E-state index in [0.717, 1.165) is 43.1 Å². The number of piperazine rings is 1. The summed E-state index contributed by atoms with van der Waals surface area (Å²) in [5, 5.41) is 3.32. The number of alkyl halides is 3. The maximum Gasteiger partial charge on any atom is 0.573 e. The SMILES string of the molecule is COc1ccc([C@H](c2ccc(OC(F)(F)F)cc2)N2CCNCC2)cc1.Cl.Cl. The summed E-state index contributed by atoms with van der Waals surface area (Å²) in [4.78, 5) is 2.32. The highest BCUT2D eigenvalue weighted by Crippen LogP contribution is 2.32. The highest BCUT2D eigenvalue weighted by Gasteiger charge is 2.31. The van der Waals surface area contributed by atoms with Gasteiger partial charge in [-0.1, -0.05) is 24.3 Å². The number of halogens is 5. The van der Waals surface area contributed by atoms with Crippen LogP contribution in [0.25, 0.3) is 0 Å². The molecule has 1 atom stereocenters. The van der Waals surface area contributed by atoms with Crippen LogP contribution in [-0.2, 0) is 0 Å². The van der Waals surface area contributed by atoms with Crippen molar-refractivity contribution in [3.63, 3.8) is 0 Å². The molecule has 28 heavy (non-hydrogen) atoms. The van der Waals surface area contributed by atoms with Crippen molar-refractivity contribution in [1.82, 2.24) is 10.2 Å². The molecule has 1 heterocycles. The van der Waals surface area contributed by atoms with Crippen LogP contribution in [-0.4, -0.2) is 44.6 Å². The molecule has 4 nitrogen and oxygen atoms in total. The molecular weight excluding hydrogens is 416 g/mol. The zero-order chi connectivity index (χ0) is 18.6. The maximum absolute atomic E-state index is 12.4. The highest BCUT2D eigenvalue weighted by molar-refractivity contribution is 5.85. The van der Waals surface area contributed by atoms with E-state index in [1.807, 2.05) is 24.3 Å². The van der Waals surface area contributed by atoms with Crippen LogP contribution in [0.15, 0.2) is 48.5 Å². The second kappa shape index (κ2) is 10.8. The monoisotopic (exact) mass is 438 g/mol. The van der Waals surface area contributed by atoms with E-state index in [0.29, 0.717) is 0 Å². The van der Waals surface area contributed by atoms with Gasteiger partial charge >= 0.3 is 6.36 Å². The lowest BCUT2D eigenvalue weighted by molar-refractivity contribution is -0.274. The van der Waals surface area contributed by atoms with Gasteiger partial charge in [-0.25, -0.2) is 0 Å². The predicted molar refractivity (Wildman–Crippen MR) is 107 cm³/mol. The van der Waals surface area contributed by atoms with E-state index in [1.54, 1.807) is 19.2 Å².